The average molecular weight is 672 g/mol. The number of nitrogens with zero attached hydrogens (tertiary/aromatic N) is 3. The fraction of sp³-hybridized carbons (Fsp3) is 0.692. The number of likely N-dealkylation sites (tertiary alicyclic amines) is 2. The van der Waals surface area contributed by atoms with Gasteiger partial charge in [-0.2, -0.15) is 39.5 Å². The van der Waals surface area contributed by atoms with E-state index in [1.807, 2.05) is 7.11 Å². The van der Waals surface area contributed by atoms with E-state index in [1.165, 1.54) is 57.7 Å². The summed E-state index contributed by atoms with van der Waals surface area (Å²) in [4.78, 5) is 36.7. The van der Waals surface area contributed by atoms with Crippen molar-refractivity contribution in [2.24, 2.45) is 17.3 Å². The molecule has 0 radical (unpaired) electrons. The van der Waals surface area contributed by atoms with E-state index in [4.69, 9.17) is 39.4 Å². The summed E-state index contributed by atoms with van der Waals surface area (Å²) in [6.45, 7) is 10.2. The molecule has 1 aliphatic carbocycles. The van der Waals surface area contributed by atoms with Gasteiger partial charge in [0.25, 0.3) is 0 Å². The van der Waals surface area contributed by atoms with Gasteiger partial charge in [0.15, 0.2) is 0 Å². The Hall–Kier alpha value is -3.19. The maximum Gasteiger partial charge on any atom is 0.490 e. The van der Waals surface area contributed by atoms with E-state index in [-0.39, 0.29) is 0 Å². The van der Waals surface area contributed by atoms with E-state index in [0.717, 1.165) is 24.8 Å². The monoisotopic (exact) mass is 671 g/mol. The van der Waals surface area contributed by atoms with Crippen LogP contribution in [0.15, 0.2) is 18.2 Å². The van der Waals surface area contributed by atoms with Crippen molar-refractivity contribution in [1.82, 2.24) is 14.8 Å². The Kier molecular flexibility index (Phi) is 14.5. The van der Waals surface area contributed by atoms with Crippen molar-refractivity contribution in [3.8, 4) is 0 Å². The molecule has 1 spiro atoms. The first kappa shape index (κ1) is 39.8. The molecule has 0 aromatic carbocycles. The summed E-state index contributed by atoms with van der Waals surface area (Å²) >= 11 is 0. The number of aryl methyl sites for hydroxylation is 1. The smallest absolute Gasteiger partial charge is 0.475 e. The van der Waals surface area contributed by atoms with Gasteiger partial charge in [0, 0.05) is 56.9 Å². The number of rotatable bonds is 6. The van der Waals surface area contributed by atoms with Gasteiger partial charge in [0.1, 0.15) is 0 Å². The van der Waals surface area contributed by atoms with Crippen LogP contribution in [0.1, 0.15) is 30.7 Å². The topological polar surface area (TPSA) is 140 Å². The zero-order valence-electron chi connectivity index (χ0n) is 24.2. The second-order valence-corrected chi connectivity index (χ2v) is 10.8. The van der Waals surface area contributed by atoms with Crippen molar-refractivity contribution in [1.29, 1.82) is 0 Å². The quantitative estimate of drug-likeness (QED) is 0.371. The summed E-state index contributed by atoms with van der Waals surface area (Å²) in [7, 11) is 1.86. The Morgan fingerprint density at radius 3 is 1.76 bits per heavy atom. The Morgan fingerprint density at radius 2 is 1.36 bits per heavy atom. The highest BCUT2D eigenvalue weighted by Gasteiger charge is 2.50. The van der Waals surface area contributed by atoms with Crippen LogP contribution >= 0.6 is 0 Å². The Bertz CT molecular complexity index is 1070. The molecule has 0 amide bonds. The highest BCUT2D eigenvalue weighted by molar-refractivity contribution is 5.73. The van der Waals surface area contributed by atoms with Gasteiger partial charge in [0.05, 0.1) is 12.3 Å². The fourth-order valence-corrected chi connectivity index (χ4v) is 4.88. The molecule has 3 aliphatic rings. The van der Waals surface area contributed by atoms with Gasteiger partial charge in [-0.3, -0.25) is 9.88 Å². The predicted molar refractivity (Wildman–Crippen MR) is 137 cm³/mol. The molecule has 2 aliphatic heterocycles. The van der Waals surface area contributed by atoms with E-state index in [0.29, 0.717) is 11.3 Å². The standard InChI is InChI=1S/C20H31N3O.3C2HF3O2/c1-16-4-3-5-19(21-16)12-22-9-8-20(14-22)15-23(10-17-6-7-17)11-18(20)13-24-2;3*3-2(4,5)1(6)7/h3-5,17-18H,6-15H2,1-2H3;3*(H,6,7)/t18-,20-;;;/m0.../s1. The minimum atomic E-state index is -5.08. The fourth-order valence-electron chi connectivity index (χ4n) is 4.88. The van der Waals surface area contributed by atoms with Crippen LogP contribution in [0.5, 0.6) is 0 Å². The highest BCUT2D eigenvalue weighted by atomic mass is 19.4. The highest BCUT2D eigenvalue weighted by Crippen LogP contribution is 2.45. The number of alkyl halides is 9. The van der Waals surface area contributed by atoms with Crippen LogP contribution in [-0.4, -0.2) is 113 Å². The molecule has 19 heteroatoms. The van der Waals surface area contributed by atoms with Crippen molar-refractivity contribution in [2.45, 2.75) is 51.3 Å². The molecular weight excluding hydrogens is 637 g/mol. The van der Waals surface area contributed by atoms with Gasteiger partial charge >= 0.3 is 36.4 Å². The normalized spacial score (nSPS) is 22.0. The Balaban J connectivity index is 0.000000396. The van der Waals surface area contributed by atoms with Crippen LogP contribution in [-0.2, 0) is 25.7 Å². The van der Waals surface area contributed by atoms with Crippen LogP contribution in [0, 0.1) is 24.2 Å². The summed E-state index contributed by atoms with van der Waals surface area (Å²) in [6, 6.07) is 6.37. The zero-order chi connectivity index (χ0) is 34.8. The molecule has 258 valence electrons. The van der Waals surface area contributed by atoms with E-state index < -0.39 is 36.4 Å². The second-order valence-electron chi connectivity index (χ2n) is 10.8. The lowest BCUT2D eigenvalue weighted by Crippen LogP contribution is -2.36. The first-order valence-corrected chi connectivity index (χ1v) is 13.3. The van der Waals surface area contributed by atoms with Crippen molar-refractivity contribution < 1.29 is 74.0 Å². The largest absolute Gasteiger partial charge is 0.490 e. The lowest BCUT2D eigenvalue weighted by molar-refractivity contribution is -0.193. The van der Waals surface area contributed by atoms with E-state index >= 15 is 0 Å². The Labute approximate surface area is 251 Å². The summed E-state index contributed by atoms with van der Waals surface area (Å²) in [5, 5.41) is 21.4. The molecule has 0 bridgehead atoms. The number of aliphatic carboxylic acids is 3. The summed E-state index contributed by atoms with van der Waals surface area (Å²) in [5.41, 5.74) is 2.77. The van der Waals surface area contributed by atoms with Gasteiger partial charge in [-0.15, -0.1) is 0 Å². The van der Waals surface area contributed by atoms with Crippen LogP contribution in [0.25, 0.3) is 0 Å². The maximum absolute atomic E-state index is 10.6. The molecule has 4 rings (SSSR count). The van der Waals surface area contributed by atoms with Gasteiger partial charge in [-0.1, -0.05) is 6.07 Å². The van der Waals surface area contributed by atoms with Gasteiger partial charge in [0.2, 0.25) is 0 Å². The first-order chi connectivity index (χ1) is 20.5. The molecule has 1 aromatic rings. The number of aromatic nitrogens is 1. The number of halogens is 9. The molecule has 3 N–H and O–H groups in total. The van der Waals surface area contributed by atoms with E-state index in [1.54, 1.807) is 0 Å². The minimum absolute atomic E-state index is 0.439. The van der Waals surface area contributed by atoms with Crippen LogP contribution < -0.4 is 0 Å². The lowest BCUT2D eigenvalue weighted by atomic mass is 9.77. The van der Waals surface area contributed by atoms with Gasteiger partial charge in [-0.05, 0) is 50.8 Å². The third kappa shape index (κ3) is 14.6. The second kappa shape index (κ2) is 16.4. The van der Waals surface area contributed by atoms with Crippen LogP contribution in [0.2, 0.25) is 0 Å². The van der Waals surface area contributed by atoms with Gasteiger partial charge < -0.3 is 25.0 Å². The molecule has 45 heavy (non-hydrogen) atoms. The molecular formula is C26H34F9N3O7. The average Bonchev–Trinajstić information content (AvgIpc) is 3.52. The molecule has 10 nitrogen and oxygen atoms in total. The minimum Gasteiger partial charge on any atom is -0.475 e. The van der Waals surface area contributed by atoms with Crippen molar-refractivity contribution in [3.05, 3.63) is 29.6 Å². The first-order valence-electron chi connectivity index (χ1n) is 13.3. The number of ether oxygens (including phenoxy) is 1. The third-order valence-electron chi connectivity index (χ3n) is 6.99. The summed E-state index contributed by atoms with van der Waals surface area (Å²) in [5.74, 6) is -6.60. The number of pyridine rings is 1. The lowest BCUT2D eigenvalue weighted by Gasteiger charge is -2.30. The van der Waals surface area contributed by atoms with Crippen molar-refractivity contribution in [2.75, 3.05) is 46.4 Å². The number of carboxylic acid groups (broad SMARTS) is 3. The summed E-state index contributed by atoms with van der Waals surface area (Å²) in [6.07, 6.45) is -11.0. The number of methoxy groups -OCH3 is 1. The van der Waals surface area contributed by atoms with Crippen LogP contribution in [0.4, 0.5) is 39.5 Å². The molecule has 3 fully saturated rings. The number of hydrogen-bond acceptors (Lipinski definition) is 7. The molecule has 2 saturated heterocycles. The maximum atomic E-state index is 10.6. The van der Waals surface area contributed by atoms with E-state index in [2.05, 4.69) is 34.9 Å². The van der Waals surface area contributed by atoms with Crippen molar-refractivity contribution in [3.63, 3.8) is 0 Å². The molecule has 0 unspecified atom stereocenters. The predicted octanol–water partition coefficient (Wildman–Crippen LogP) is 4.47. The molecule has 3 heterocycles. The number of hydrogen-bond donors (Lipinski definition) is 3. The summed E-state index contributed by atoms with van der Waals surface area (Å²) < 4.78 is 101. The molecule has 2 atom stereocenters. The van der Waals surface area contributed by atoms with Crippen LogP contribution in [0.3, 0.4) is 0 Å². The van der Waals surface area contributed by atoms with E-state index in [9.17, 15) is 39.5 Å². The van der Waals surface area contributed by atoms with Crippen molar-refractivity contribution >= 4 is 17.9 Å². The SMILES string of the molecule is COC[C@@H]1CN(CC2CC2)C[C@@]12CCN(Cc1cccc(C)n1)C2.O=C(O)C(F)(F)F.O=C(O)C(F)(F)F.O=C(O)C(F)(F)F. The Morgan fingerprint density at radius 1 is 0.889 bits per heavy atom. The number of carbonyl (C=O) groups is 3. The molecule has 1 saturated carbocycles. The third-order valence-corrected chi connectivity index (χ3v) is 6.99. The zero-order valence-corrected chi connectivity index (χ0v) is 24.2. The van der Waals surface area contributed by atoms with Gasteiger partial charge in [-0.25, -0.2) is 14.4 Å². The number of carboxylic acids is 3. The molecule has 1 aromatic heterocycles.